The monoisotopic (exact) mass is 426 g/mol. The van der Waals surface area contributed by atoms with E-state index in [1.165, 1.54) is 54.4 Å². The summed E-state index contributed by atoms with van der Waals surface area (Å²) < 4.78 is 7.65. The average Bonchev–Trinajstić information content (AvgIpc) is 3.10. The fraction of sp³-hybridized carbons (Fsp3) is 0.379. The minimum atomic E-state index is -0.586. The van der Waals surface area contributed by atoms with Crippen LogP contribution in [0.15, 0.2) is 78.9 Å². The maximum atomic E-state index is 7.65. The van der Waals surface area contributed by atoms with E-state index in [0.717, 1.165) is 16.9 Å². The van der Waals surface area contributed by atoms with Gasteiger partial charge in [-0.2, -0.15) is 0 Å². The van der Waals surface area contributed by atoms with Gasteiger partial charge in [-0.25, -0.2) is 0 Å². The fourth-order valence-corrected chi connectivity index (χ4v) is 8.11. The zero-order chi connectivity index (χ0) is 20.6. The van der Waals surface area contributed by atoms with Crippen LogP contribution in [0.25, 0.3) is 0 Å². The SMILES string of the molecule is Clc1ccc2c(c1)C1(OC2(c2ccccc2)c2ccccc2)C2CC3CC(C2)CC1C3. The molecule has 4 fully saturated rings. The Morgan fingerprint density at radius 1 is 0.645 bits per heavy atom. The number of benzene rings is 3. The van der Waals surface area contributed by atoms with Gasteiger partial charge < -0.3 is 4.74 Å². The van der Waals surface area contributed by atoms with Crippen molar-refractivity contribution in [3.8, 4) is 0 Å². The second-order valence-corrected chi connectivity index (χ2v) is 10.7. The quantitative estimate of drug-likeness (QED) is 0.417. The highest BCUT2D eigenvalue weighted by molar-refractivity contribution is 6.30. The lowest BCUT2D eigenvalue weighted by atomic mass is 9.48. The van der Waals surface area contributed by atoms with E-state index in [2.05, 4.69) is 78.9 Å². The minimum absolute atomic E-state index is 0.223. The largest absolute Gasteiger partial charge is 0.349 e. The second-order valence-electron chi connectivity index (χ2n) is 10.3. The Hall–Kier alpha value is -2.09. The molecule has 0 aromatic heterocycles. The maximum absolute atomic E-state index is 7.65. The molecule has 31 heavy (non-hydrogen) atoms. The smallest absolute Gasteiger partial charge is 0.145 e. The van der Waals surface area contributed by atoms with E-state index in [1.54, 1.807) is 0 Å². The Labute approximate surface area is 189 Å². The van der Waals surface area contributed by atoms with Crippen molar-refractivity contribution < 1.29 is 4.74 Å². The van der Waals surface area contributed by atoms with Crippen molar-refractivity contribution in [1.82, 2.24) is 0 Å². The van der Waals surface area contributed by atoms with Crippen molar-refractivity contribution in [3.05, 3.63) is 106 Å². The molecule has 4 bridgehead atoms. The van der Waals surface area contributed by atoms with Gasteiger partial charge in [0.05, 0.1) is 0 Å². The molecule has 0 amide bonds. The van der Waals surface area contributed by atoms with E-state index in [9.17, 15) is 0 Å². The lowest BCUT2D eigenvalue weighted by Gasteiger charge is -2.60. The first kappa shape index (κ1) is 18.5. The fourth-order valence-electron chi connectivity index (χ4n) is 7.94. The molecule has 1 heterocycles. The molecule has 0 unspecified atom stereocenters. The molecule has 4 saturated carbocycles. The van der Waals surface area contributed by atoms with E-state index >= 15 is 0 Å². The highest BCUT2D eigenvalue weighted by Crippen LogP contribution is 2.69. The van der Waals surface area contributed by atoms with Gasteiger partial charge in [-0.3, -0.25) is 0 Å². The summed E-state index contributed by atoms with van der Waals surface area (Å²) >= 11 is 6.65. The molecule has 3 aromatic carbocycles. The van der Waals surface area contributed by atoms with Gasteiger partial charge in [-0.1, -0.05) is 78.3 Å². The van der Waals surface area contributed by atoms with Crippen LogP contribution in [0, 0.1) is 23.7 Å². The number of fused-ring (bicyclic) bond motifs is 1. The summed E-state index contributed by atoms with van der Waals surface area (Å²) in [7, 11) is 0. The lowest BCUT2D eigenvalue weighted by Crippen LogP contribution is -2.56. The normalized spacial score (nSPS) is 34.2. The molecule has 2 heteroatoms. The van der Waals surface area contributed by atoms with Crippen molar-refractivity contribution >= 4 is 11.6 Å². The van der Waals surface area contributed by atoms with Gasteiger partial charge >= 0.3 is 0 Å². The number of halogens is 1. The molecule has 8 rings (SSSR count). The molecule has 0 atom stereocenters. The van der Waals surface area contributed by atoms with Gasteiger partial charge in [0.1, 0.15) is 11.2 Å². The first-order chi connectivity index (χ1) is 15.2. The van der Waals surface area contributed by atoms with E-state index < -0.39 is 5.60 Å². The van der Waals surface area contributed by atoms with Crippen molar-refractivity contribution in [2.45, 2.75) is 43.3 Å². The standard InChI is InChI=1S/C29H27ClO/c30-25-11-12-26-27(18-25)29(23-14-19-13-20(16-23)17-24(29)15-19)31-28(26,21-7-3-1-4-8-21)22-9-5-2-6-10-22/h1-12,18-20,23-24H,13-17H2. The number of hydrogen-bond donors (Lipinski definition) is 0. The van der Waals surface area contributed by atoms with Crippen LogP contribution in [-0.2, 0) is 15.9 Å². The molecule has 0 radical (unpaired) electrons. The van der Waals surface area contributed by atoms with E-state index in [1.807, 2.05) is 0 Å². The highest BCUT2D eigenvalue weighted by atomic mass is 35.5. The summed E-state index contributed by atoms with van der Waals surface area (Å²) in [5.41, 5.74) is 4.28. The topological polar surface area (TPSA) is 9.23 Å². The molecule has 1 aliphatic heterocycles. The van der Waals surface area contributed by atoms with Crippen LogP contribution in [0.4, 0.5) is 0 Å². The third-order valence-corrected chi connectivity index (χ3v) is 9.05. The van der Waals surface area contributed by atoms with Crippen molar-refractivity contribution in [3.63, 3.8) is 0 Å². The third-order valence-electron chi connectivity index (χ3n) is 8.82. The summed E-state index contributed by atoms with van der Waals surface area (Å²) in [6.07, 6.45) is 6.66. The van der Waals surface area contributed by atoms with Crippen molar-refractivity contribution in [2.75, 3.05) is 0 Å². The van der Waals surface area contributed by atoms with E-state index in [0.29, 0.717) is 11.8 Å². The molecule has 156 valence electrons. The average molecular weight is 427 g/mol. The second kappa shape index (κ2) is 6.47. The van der Waals surface area contributed by atoms with Crippen LogP contribution >= 0.6 is 11.6 Å². The van der Waals surface area contributed by atoms with Gasteiger partial charge in [-0.05, 0) is 90.2 Å². The molecule has 3 aromatic rings. The Morgan fingerprint density at radius 3 is 1.74 bits per heavy atom. The van der Waals surface area contributed by atoms with Crippen LogP contribution in [0.5, 0.6) is 0 Å². The van der Waals surface area contributed by atoms with Crippen molar-refractivity contribution in [1.29, 1.82) is 0 Å². The molecule has 1 nitrogen and oxygen atoms in total. The third kappa shape index (κ3) is 2.37. The molecular weight excluding hydrogens is 400 g/mol. The van der Waals surface area contributed by atoms with Crippen LogP contribution in [0.1, 0.15) is 54.4 Å². The summed E-state index contributed by atoms with van der Waals surface area (Å²) in [5.74, 6) is 2.97. The molecule has 0 saturated heterocycles. The summed E-state index contributed by atoms with van der Waals surface area (Å²) in [6, 6.07) is 28.2. The highest BCUT2D eigenvalue weighted by Gasteiger charge is 2.66. The van der Waals surface area contributed by atoms with Crippen LogP contribution in [0.2, 0.25) is 5.02 Å². The Morgan fingerprint density at radius 2 is 1.19 bits per heavy atom. The molecule has 5 aliphatic rings. The number of rotatable bonds is 2. The minimum Gasteiger partial charge on any atom is -0.349 e. The zero-order valence-corrected chi connectivity index (χ0v) is 18.4. The summed E-state index contributed by atoms with van der Waals surface area (Å²) in [5, 5.41) is 0.826. The molecule has 0 N–H and O–H groups in total. The van der Waals surface area contributed by atoms with Crippen LogP contribution in [-0.4, -0.2) is 0 Å². The van der Waals surface area contributed by atoms with E-state index in [4.69, 9.17) is 16.3 Å². The van der Waals surface area contributed by atoms with Gasteiger partial charge in [0.2, 0.25) is 0 Å². The Balaban J connectivity index is 1.53. The predicted molar refractivity (Wildman–Crippen MR) is 124 cm³/mol. The Bertz CT molecular complexity index is 1070. The molecular formula is C29H27ClO. The van der Waals surface area contributed by atoms with Gasteiger partial charge in [0.15, 0.2) is 0 Å². The first-order valence-corrected chi connectivity index (χ1v) is 12.2. The number of hydrogen-bond acceptors (Lipinski definition) is 1. The summed E-state index contributed by atoms with van der Waals surface area (Å²) in [6.45, 7) is 0. The molecule has 4 aliphatic carbocycles. The summed E-state index contributed by atoms with van der Waals surface area (Å²) in [4.78, 5) is 0. The van der Waals surface area contributed by atoms with Gasteiger partial charge in [0, 0.05) is 5.02 Å². The zero-order valence-electron chi connectivity index (χ0n) is 17.6. The Kier molecular flexibility index (Phi) is 3.85. The van der Waals surface area contributed by atoms with Crippen molar-refractivity contribution in [2.24, 2.45) is 23.7 Å². The van der Waals surface area contributed by atoms with Crippen LogP contribution in [0.3, 0.4) is 0 Å². The lowest BCUT2D eigenvalue weighted by molar-refractivity contribution is -0.232. The number of ether oxygens (including phenoxy) is 1. The van der Waals surface area contributed by atoms with Crippen LogP contribution < -0.4 is 0 Å². The molecule has 1 spiro atoms. The predicted octanol–water partition coefficient (Wildman–Crippen LogP) is 7.31. The van der Waals surface area contributed by atoms with Gasteiger partial charge in [0.25, 0.3) is 0 Å². The van der Waals surface area contributed by atoms with E-state index in [-0.39, 0.29) is 5.60 Å². The first-order valence-electron chi connectivity index (χ1n) is 11.8. The maximum Gasteiger partial charge on any atom is 0.145 e. The van der Waals surface area contributed by atoms with Gasteiger partial charge in [-0.15, -0.1) is 0 Å².